The van der Waals surface area contributed by atoms with Gasteiger partial charge in [0.15, 0.2) is 11.5 Å². The van der Waals surface area contributed by atoms with Crippen molar-refractivity contribution in [3.8, 4) is 11.5 Å². The van der Waals surface area contributed by atoms with Crippen LogP contribution in [0.3, 0.4) is 0 Å². The molecule has 0 spiro atoms. The van der Waals surface area contributed by atoms with E-state index in [-0.39, 0.29) is 11.5 Å². The molecule has 4 N–H and O–H groups in total. The van der Waals surface area contributed by atoms with Crippen LogP contribution in [0.1, 0.15) is 34.1 Å². The fraction of sp³-hybridized carbons (Fsp3) is 0.318. The lowest BCUT2D eigenvalue weighted by molar-refractivity contribution is 0.0944. The van der Waals surface area contributed by atoms with E-state index in [1.165, 1.54) is 5.56 Å². The molecule has 9 heteroatoms. The molecule has 3 aromatic rings. The quantitative estimate of drug-likeness (QED) is 0.400. The summed E-state index contributed by atoms with van der Waals surface area (Å²) in [6.45, 7) is 6.60. The van der Waals surface area contributed by atoms with Gasteiger partial charge in [0, 0.05) is 19.6 Å². The number of anilines is 1. The van der Waals surface area contributed by atoms with Crippen molar-refractivity contribution in [3.05, 3.63) is 64.8 Å². The Labute approximate surface area is 180 Å². The molecule has 1 heterocycles. The van der Waals surface area contributed by atoms with Crippen LogP contribution < -0.4 is 25.8 Å². The standard InChI is InChI=1S/C22H27N5O4/c1-3-29-19-12-16(7-8-18(19)30-14-17-6-4-5-15(2)11-17)13-24-9-10-25-22(28)20-21(23)27-31-26-20/h4-8,11-12,24H,3,9-10,13-14H2,1-2H3,(H2,23,27)(H,25,28). The maximum absolute atomic E-state index is 11.9. The minimum absolute atomic E-state index is 0.0115. The van der Waals surface area contributed by atoms with Gasteiger partial charge in [-0.1, -0.05) is 35.9 Å². The van der Waals surface area contributed by atoms with Crippen molar-refractivity contribution in [3.63, 3.8) is 0 Å². The molecule has 0 saturated carbocycles. The molecule has 1 amide bonds. The summed E-state index contributed by atoms with van der Waals surface area (Å²) in [5, 5.41) is 12.8. The molecule has 0 aliphatic carbocycles. The molecule has 0 unspecified atom stereocenters. The van der Waals surface area contributed by atoms with Crippen molar-refractivity contribution in [1.29, 1.82) is 0 Å². The van der Waals surface area contributed by atoms with Crippen molar-refractivity contribution >= 4 is 11.7 Å². The Morgan fingerprint density at radius 1 is 1.06 bits per heavy atom. The highest BCUT2D eigenvalue weighted by molar-refractivity contribution is 5.95. The summed E-state index contributed by atoms with van der Waals surface area (Å²) in [5.41, 5.74) is 8.84. The summed E-state index contributed by atoms with van der Waals surface area (Å²) in [4.78, 5) is 11.9. The average Bonchev–Trinajstić information content (AvgIpc) is 3.19. The van der Waals surface area contributed by atoms with Gasteiger partial charge in [0.2, 0.25) is 11.5 Å². The van der Waals surface area contributed by atoms with Crippen molar-refractivity contribution in [2.75, 3.05) is 25.4 Å². The molecule has 0 aliphatic heterocycles. The van der Waals surface area contributed by atoms with Crippen molar-refractivity contribution < 1.29 is 18.9 Å². The Morgan fingerprint density at radius 3 is 2.68 bits per heavy atom. The third kappa shape index (κ3) is 6.45. The number of ether oxygens (including phenoxy) is 2. The zero-order valence-electron chi connectivity index (χ0n) is 17.7. The number of nitrogens with one attached hydrogen (secondary N) is 2. The van der Waals surface area contributed by atoms with E-state index < -0.39 is 5.91 Å². The molecule has 0 atom stereocenters. The van der Waals surface area contributed by atoms with E-state index in [0.29, 0.717) is 44.3 Å². The number of carbonyl (C=O) groups is 1. The van der Waals surface area contributed by atoms with E-state index >= 15 is 0 Å². The highest BCUT2D eigenvalue weighted by atomic mass is 16.6. The molecule has 0 bridgehead atoms. The first-order valence-electron chi connectivity index (χ1n) is 10.1. The summed E-state index contributed by atoms with van der Waals surface area (Å²) < 4.78 is 16.2. The molecule has 9 nitrogen and oxygen atoms in total. The minimum atomic E-state index is -0.422. The van der Waals surface area contributed by atoms with Crippen LogP contribution in [0.5, 0.6) is 11.5 Å². The van der Waals surface area contributed by atoms with Crippen molar-refractivity contribution in [1.82, 2.24) is 20.9 Å². The second-order valence-electron chi connectivity index (χ2n) is 6.92. The zero-order valence-corrected chi connectivity index (χ0v) is 17.7. The van der Waals surface area contributed by atoms with E-state index in [1.807, 2.05) is 37.3 Å². The maximum Gasteiger partial charge on any atom is 0.277 e. The van der Waals surface area contributed by atoms with Crippen LogP contribution in [0.4, 0.5) is 5.82 Å². The van der Waals surface area contributed by atoms with Gasteiger partial charge in [-0.2, -0.15) is 0 Å². The first kappa shape index (κ1) is 22.1. The van der Waals surface area contributed by atoms with E-state index in [2.05, 4.69) is 44.6 Å². The highest BCUT2D eigenvalue weighted by Crippen LogP contribution is 2.29. The first-order valence-corrected chi connectivity index (χ1v) is 10.1. The van der Waals surface area contributed by atoms with Gasteiger partial charge in [-0.25, -0.2) is 4.63 Å². The molecule has 0 saturated heterocycles. The fourth-order valence-corrected chi connectivity index (χ4v) is 2.95. The summed E-state index contributed by atoms with van der Waals surface area (Å²) in [6.07, 6.45) is 0. The predicted molar refractivity (Wildman–Crippen MR) is 116 cm³/mol. The Bertz CT molecular complexity index is 1010. The molecular formula is C22H27N5O4. The first-order chi connectivity index (χ1) is 15.1. The lowest BCUT2D eigenvalue weighted by Crippen LogP contribution is -2.32. The van der Waals surface area contributed by atoms with Crippen LogP contribution in [0.2, 0.25) is 0 Å². The molecule has 31 heavy (non-hydrogen) atoms. The van der Waals surface area contributed by atoms with E-state index in [1.54, 1.807) is 0 Å². The number of hydrogen-bond donors (Lipinski definition) is 3. The van der Waals surface area contributed by atoms with E-state index in [4.69, 9.17) is 15.2 Å². The van der Waals surface area contributed by atoms with Gasteiger partial charge >= 0.3 is 0 Å². The van der Waals surface area contributed by atoms with Gasteiger partial charge in [-0.15, -0.1) is 0 Å². The number of nitrogen functional groups attached to an aromatic ring is 1. The minimum Gasteiger partial charge on any atom is -0.490 e. The Morgan fingerprint density at radius 2 is 1.94 bits per heavy atom. The maximum atomic E-state index is 11.9. The summed E-state index contributed by atoms with van der Waals surface area (Å²) in [5.74, 6) is 0.961. The van der Waals surface area contributed by atoms with Gasteiger partial charge in [0.1, 0.15) is 6.61 Å². The van der Waals surface area contributed by atoms with Crippen LogP contribution in [0.15, 0.2) is 47.1 Å². The topological polar surface area (TPSA) is 125 Å². The van der Waals surface area contributed by atoms with E-state index in [0.717, 1.165) is 11.1 Å². The van der Waals surface area contributed by atoms with Crippen LogP contribution in [-0.4, -0.2) is 35.9 Å². The van der Waals surface area contributed by atoms with Crippen molar-refractivity contribution in [2.45, 2.75) is 27.0 Å². The molecular weight excluding hydrogens is 398 g/mol. The van der Waals surface area contributed by atoms with E-state index in [9.17, 15) is 4.79 Å². The third-order valence-electron chi connectivity index (χ3n) is 4.43. The van der Waals surface area contributed by atoms with Crippen LogP contribution in [0, 0.1) is 6.92 Å². The average molecular weight is 425 g/mol. The molecule has 0 aliphatic rings. The Kier molecular flexibility index (Phi) is 7.83. The van der Waals surface area contributed by atoms with Gasteiger partial charge < -0.3 is 25.8 Å². The van der Waals surface area contributed by atoms with Gasteiger partial charge in [-0.05, 0) is 47.4 Å². The van der Waals surface area contributed by atoms with Crippen LogP contribution >= 0.6 is 0 Å². The van der Waals surface area contributed by atoms with Gasteiger partial charge in [0.05, 0.1) is 6.61 Å². The molecule has 3 rings (SSSR count). The second kappa shape index (κ2) is 11.0. The molecule has 164 valence electrons. The fourth-order valence-electron chi connectivity index (χ4n) is 2.95. The number of amides is 1. The van der Waals surface area contributed by atoms with Gasteiger partial charge in [-0.3, -0.25) is 4.79 Å². The Balaban J connectivity index is 1.48. The number of nitrogens with zero attached hydrogens (tertiary/aromatic N) is 2. The third-order valence-corrected chi connectivity index (χ3v) is 4.43. The van der Waals surface area contributed by atoms with Crippen molar-refractivity contribution in [2.24, 2.45) is 0 Å². The molecule has 0 fully saturated rings. The lowest BCUT2D eigenvalue weighted by Gasteiger charge is -2.14. The van der Waals surface area contributed by atoms with Crippen LogP contribution in [0.25, 0.3) is 0 Å². The predicted octanol–water partition coefficient (Wildman–Crippen LogP) is 2.46. The number of benzene rings is 2. The van der Waals surface area contributed by atoms with Gasteiger partial charge in [0.25, 0.3) is 5.91 Å². The zero-order chi connectivity index (χ0) is 22.1. The molecule has 1 aromatic heterocycles. The lowest BCUT2D eigenvalue weighted by atomic mass is 10.1. The summed E-state index contributed by atoms with van der Waals surface area (Å²) in [7, 11) is 0. The highest BCUT2D eigenvalue weighted by Gasteiger charge is 2.15. The largest absolute Gasteiger partial charge is 0.490 e. The van der Waals surface area contributed by atoms with Crippen LogP contribution in [-0.2, 0) is 13.2 Å². The monoisotopic (exact) mass is 425 g/mol. The normalized spacial score (nSPS) is 10.6. The number of aryl methyl sites for hydroxylation is 1. The number of aromatic nitrogens is 2. The number of hydrogen-bond acceptors (Lipinski definition) is 8. The summed E-state index contributed by atoms with van der Waals surface area (Å²) >= 11 is 0. The Hall–Kier alpha value is -3.59. The molecule has 0 radical (unpaired) electrons. The smallest absolute Gasteiger partial charge is 0.277 e. The number of nitrogens with two attached hydrogens (primary N) is 1. The number of carbonyl (C=O) groups excluding carboxylic acids is 1. The second-order valence-corrected chi connectivity index (χ2v) is 6.92. The number of rotatable bonds is 11. The molecule has 2 aromatic carbocycles. The summed E-state index contributed by atoms with van der Waals surface area (Å²) in [6, 6.07) is 14.1. The SMILES string of the molecule is CCOc1cc(CNCCNC(=O)c2nonc2N)ccc1OCc1cccc(C)c1.